The summed E-state index contributed by atoms with van der Waals surface area (Å²) in [5, 5.41) is 4.23. The molecule has 1 aliphatic carbocycles. The Labute approximate surface area is 192 Å². The second kappa shape index (κ2) is 9.44. The second-order valence-corrected chi connectivity index (χ2v) is 9.46. The molecule has 0 bridgehead atoms. The molecule has 0 radical (unpaired) electrons. The third kappa shape index (κ3) is 4.93. The summed E-state index contributed by atoms with van der Waals surface area (Å²) in [5.74, 6) is 0.670. The van der Waals surface area contributed by atoms with Gasteiger partial charge in [-0.25, -0.2) is 0 Å². The maximum Gasteiger partial charge on any atom is 0.387 e. The van der Waals surface area contributed by atoms with Gasteiger partial charge in [-0.1, -0.05) is 18.0 Å². The van der Waals surface area contributed by atoms with Crippen molar-refractivity contribution in [2.45, 2.75) is 69.7 Å². The number of carbonyl (C=O) groups is 1. The zero-order valence-corrected chi connectivity index (χ0v) is 18.6. The van der Waals surface area contributed by atoms with Gasteiger partial charge in [0.25, 0.3) is 0 Å². The van der Waals surface area contributed by atoms with Gasteiger partial charge in [0.1, 0.15) is 6.10 Å². The van der Waals surface area contributed by atoms with E-state index < -0.39 is 12.2 Å². The van der Waals surface area contributed by atoms with E-state index in [0.717, 1.165) is 43.4 Å². The van der Waals surface area contributed by atoms with Crippen molar-refractivity contribution in [2.75, 3.05) is 26.3 Å². The molecular weight excluding hydrogens is 434 g/mol. The molecule has 1 aromatic carbocycles. The van der Waals surface area contributed by atoms with Crippen molar-refractivity contribution in [3.05, 3.63) is 23.8 Å². The number of hydrogen-bond acceptors (Lipinski definition) is 6. The van der Waals surface area contributed by atoms with Crippen LogP contribution < -0.4 is 9.47 Å². The van der Waals surface area contributed by atoms with Crippen molar-refractivity contribution in [2.24, 2.45) is 11.1 Å². The number of alkyl halides is 2. The summed E-state index contributed by atoms with van der Waals surface area (Å²) in [6.45, 7) is -0.578. The van der Waals surface area contributed by atoms with E-state index in [-0.39, 0.29) is 29.4 Å². The average molecular weight is 465 g/mol. The first-order valence-corrected chi connectivity index (χ1v) is 11.9. The number of oxime groups is 1. The van der Waals surface area contributed by atoms with E-state index in [4.69, 9.17) is 19.0 Å². The number of nitrogens with zero attached hydrogens (tertiary/aromatic N) is 2. The molecule has 1 spiro atoms. The van der Waals surface area contributed by atoms with Gasteiger partial charge >= 0.3 is 6.61 Å². The van der Waals surface area contributed by atoms with Crippen LogP contribution >= 0.6 is 0 Å². The van der Waals surface area contributed by atoms with Crippen LogP contribution in [0.3, 0.4) is 0 Å². The fraction of sp³-hybridized carbons (Fsp3) is 0.667. The monoisotopic (exact) mass is 464 g/mol. The summed E-state index contributed by atoms with van der Waals surface area (Å²) >= 11 is 0. The molecule has 3 aliphatic heterocycles. The molecule has 1 amide bonds. The lowest BCUT2D eigenvalue weighted by Crippen LogP contribution is -2.44. The molecule has 1 saturated carbocycles. The van der Waals surface area contributed by atoms with Crippen LogP contribution in [0.15, 0.2) is 23.4 Å². The lowest BCUT2D eigenvalue weighted by molar-refractivity contribution is -0.137. The predicted molar refractivity (Wildman–Crippen MR) is 116 cm³/mol. The number of ether oxygens (including phenoxy) is 3. The topological polar surface area (TPSA) is 69.6 Å². The highest BCUT2D eigenvalue weighted by molar-refractivity contribution is 6.02. The summed E-state index contributed by atoms with van der Waals surface area (Å²) in [7, 11) is 0. The molecule has 9 heteroatoms. The van der Waals surface area contributed by atoms with Crippen LogP contribution in [0.5, 0.6) is 11.5 Å². The number of likely N-dealkylation sites (tertiary alicyclic amines) is 1. The number of piperidine rings is 1. The van der Waals surface area contributed by atoms with E-state index in [2.05, 4.69) is 5.16 Å². The van der Waals surface area contributed by atoms with Gasteiger partial charge < -0.3 is 23.9 Å². The summed E-state index contributed by atoms with van der Waals surface area (Å²) in [4.78, 5) is 20.3. The van der Waals surface area contributed by atoms with Crippen LogP contribution in [-0.2, 0) is 14.4 Å². The van der Waals surface area contributed by atoms with Crippen LogP contribution in [0, 0.1) is 5.92 Å². The lowest BCUT2D eigenvalue weighted by atomic mass is 9.93. The Bertz CT molecular complexity index is 889. The van der Waals surface area contributed by atoms with Crippen molar-refractivity contribution in [3.63, 3.8) is 0 Å². The molecule has 1 unspecified atom stereocenters. The Hall–Kier alpha value is -2.42. The lowest BCUT2D eigenvalue weighted by Gasteiger charge is -2.34. The smallest absolute Gasteiger partial charge is 0.387 e. The molecule has 3 fully saturated rings. The zero-order valence-electron chi connectivity index (χ0n) is 18.6. The number of hydrogen-bond donors (Lipinski definition) is 0. The van der Waals surface area contributed by atoms with Crippen molar-refractivity contribution < 1.29 is 32.6 Å². The largest absolute Gasteiger partial charge is 0.486 e. The van der Waals surface area contributed by atoms with E-state index in [1.807, 2.05) is 4.90 Å². The van der Waals surface area contributed by atoms with Crippen LogP contribution in [0.2, 0.25) is 0 Å². The highest BCUT2D eigenvalue weighted by atomic mass is 19.3. The molecule has 4 aliphatic rings. The second-order valence-electron chi connectivity index (χ2n) is 9.46. The fourth-order valence-electron chi connectivity index (χ4n) is 5.25. The highest BCUT2D eigenvalue weighted by Gasteiger charge is 2.43. The van der Waals surface area contributed by atoms with Gasteiger partial charge in [-0.2, -0.15) is 8.78 Å². The molecule has 2 saturated heterocycles. The first kappa shape index (κ1) is 22.4. The van der Waals surface area contributed by atoms with Crippen molar-refractivity contribution in [1.82, 2.24) is 4.90 Å². The molecule has 7 nitrogen and oxygen atoms in total. The number of benzene rings is 1. The van der Waals surface area contributed by atoms with Gasteiger partial charge in [0.15, 0.2) is 17.1 Å². The molecule has 0 aromatic heterocycles. The highest BCUT2D eigenvalue weighted by Crippen LogP contribution is 2.37. The van der Waals surface area contributed by atoms with E-state index in [1.165, 1.54) is 6.07 Å². The third-order valence-electron chi connectivity index (χ3n) is 7.15. The van der Waals surface area contributed by atoms with Crippen LogP contribution in [0.1, 0.15) is 56.9 Å². The Balaban J connectivity index is 1.25. The molecule has 5 rings (SSSR count). The van der Waals surface area contributed by atoms with Crippen LogP contribution in [-0.4, -0.2) is 61.1 Å². The number of carbonyl (C=O) groups excluding carboxylic acids is 1. The Kier molecular flexibility index (Phi) is 6.40. The number of amides is 1. The van der Waals surface area contributed by atoms with E-state index in [9.17, 15) is 13.6 Å². The van der Waals surface area contributed by atoms with Crippen molar-refractivity contribution in [3.8, 4) is 11.5 Å². The zero-order chi connectivity index (χ0) is 22.8. The molecule has 0 N–H and O–H groups in total. The molecule has 1 aromatic rings. The summed E-state index contributed by atoms with van der Waals surface area (Å²) in [5.41, 5.74) is 1.07. The first-order chi connectivity index (χ1) is 16.0. The minimum atomic E-state index is -2.95. The van der Waals surface area contributed by atoms with E-state index in [0.29, 0.717) is 45.6 Å². The van der Waals surface area contributed by atoms with Gasteiger partial charge in [0, 0.05) is 50.3 Å². The molecule has 33 heavy (non-hydrogen) atoms. The predicted octanol–water partition coefficient (Wildman–Crippen LogP) is 4.13. The summed E-state index contributed by atoms with van der Waals surface area (Å²) in [6.07, 6.45) is 6.73. The minimum Gasteiger partial charge on any atom is -0.486 e. The maximum atomic E-state index is 13.0. The first-order valence-electron chi connectivity index (χ1n) is 11.9. The summed E-state index contributed by atoms with van der Waals surface area (Å²) < 4.78 is 42.3. The Morgan fingerprint density at radius 3 is 2.64 bits per heavy atom. The fourth-order valence-corrected chi connectivity index (χ4v) is 5.25. The van der Waals surface area contributed by atoms with Crippen LogP contribution in [0.25, 0.3) is 0 Å². The number of halogens is 2. The Morgan fingerprint density at radius 2 is 1.94 bits per heavy atom. The van der Waals surface area contributed by atoms with Crippen molar-refractivity contribution >= 4 is 11.6 Å². The van der Waals surface area contributed by atoms with Crippen LogP contribution in [0.4, 0.5) is 8.78 Å². The SMILES string of the molecule is O=C(C1CCCC1)N1CCC(Oc2cc(C3=NOC4(CCOC4)C3)ccc2OC(F)F)CC1. The average Bonchev–Trinajstić information content (AvgIpc) is 3.58. The van der Waals surface area contributed by atoms with Gasteiger partial charge in [-0.3, -0.25) is 4.79 Å². The van der Waals surface area contributed by atoms with Crippen molar-refractivity contribution in [1.29, 1.82) is 0 Å². The van der Waals surface area contributed by atoms with Gasteiger partial charge in [0.2, 0.25) is 5.91 Å². The third-order valence-corrected chi connectivity index (χ3v) is 7.15. The molecule has 1 atom stereocenters. The quantitative estimate of drug-likeness (QED) is 0.633. The normalized spacial score (nSPS) is 26.2. The van der Waals surface area contributed by atoms with E-state index in [1.54, 1.807) is 12.1 Å². The van der Waals surface area contributed by atoms with E-state index >= 15 is 0 Å². The molecule has 180 valence electrons. The number of rotatable bonds is 6. The summed E-state index contributed by atoms with van der Waals surface area (Å²) in [6, 6.07) is 4.89. The van der Waals surface area contributed by atoms with Gasteiger partial charge in [0.05, 0.1) is 18.9 Å². The molecular formula is C24H30F2N2O5. The van der Waals surface area contributed by atoms with Gasteiger partial charge in [-0.05, 0) is 31.0 Å². The Morgan fingerprint density at radius 1 is 1.15 bits per heavy atom. The standard InChI is InChI=1S/C24H30F2N2O5/c25-23(26)32-20-6-5-17(19-14-24(33-27-19)9-12-30-15-24)13-21(20)31-18-7-10-28(11-8-18)22(29)16-3-1-2-4-16/h5-6,13,16,18,23H,1-4,7-12,14-15H2. The minimum absolute atomic E-state index is 0.00311. The maximum absolute atomic E-state index is 13.0. The van der Waals surface area contributed by atoms with Gasteiger partial charge in [-0.15, -0.1) is 0 Å². The molecule has 3 heterocycles.